The molecule has 2 aromatic rings. The molecule has 3 nitrogen and oxygen atoms in total. The molecule has 0 heterocycles. The van der Waals surface area contributed by atoms with Gasteiger partial charge in [0.05, 0.1) is 0 Å². The molecule has 0 saturated heterocycles. The van der Waals surface area contributed by atoms with E-state index in [9.17, 15) is 4.79 Å². The van der Waals surface area contributed by atoms with Gasteiger partial charge in [0.15, 0.2) is 0 Å². The van der Waals surface area contributed by atoms with E-state index in [-0.39, 0.29) is 5.92 Å². The van der Waals surface area contributed by atoms with Crippen molar-refractivity contribution in [2.24, 2.45) is 11.8 Å². The Hall–Kier alpha value is -2.29. The molecule has 1 fully saturated rings. The second-order valence-corrected chi connectivity index (χ2v) is 8.46. The average molecular weight is 407 g/mol. The standard InChI is InChI=1S/C27H38N2O/c1-5-28(6-2)24-14-9-21(10-15-24)19-23-13-18-27(30)26(23)20-22-11-16-25(17-12-22)29(7-3)8-4/h9-12,14-17,23,26H,5-8,13,18-20H2,1-4H3. The Kier molecular flexibility index (Phi) is 7.95. The number of carbonyl (C=O) groups excluding carboxylic acids is 1. The van der Waals surface area contributed by atoms with Crippen molar-refractivity contribution in [3.05, 3.63) is 59.7 Å². The molecule has 3 rings (SSSR count). The highest BCUT2D eigenvalue weighted by atomic mass is 16.1. The van der Waals surface area contributed by atoms with E-state index in [4.69, 9.17) is 0 Å². The van der Waals surface area contributed by atoms with Gasteiger partial charge in [0.2, 0.25) is 0 Å². The summed E-state index contributed by atoms with van der Waals surface area (Å²) < 4.78 is 0. The lowest BCUT2D eigenvalue weighted by Crippen LogP contribution is -2.22. The van der Waals surface area contributed by atoms with Crippen molar-refractivity contribution in [2.45, 2.75) is 53.4 Å². The number of hydrogen-bond acceptors (Lipinski definition) is 3. The Morgan fingerprint density at radius 1 is 0.700 bits per heavy atom. The summed E-state index contributed by atoms with van der Waals surface area (Å²) in [7, 11) is 0. The van der Waals surface area contributed by atoms with Crippen LogP contribution in [0.4, 0.5) is 11.4 Å². The molecule has 0 N–H and O–H groups in total. The smallest absolute Gasteiger partial charge is 0.136 e. The van der Waals surface area contributed by atoms with Crippen LogP contribution >= 0.6 is 0 Å². The number of hydrogen-bond donors (Lipinski definition) is 0. The fourth-order valence-corrected chi connectivity index (χ4v) is 4.92. The third-order valence-corrected chi connectivity index (χ3v) is 6.83. The number of rotatable bonds is 10. The number of benzene rings is 2. The van der Waals surface area contributed by atoms with Crippen LogP contribution in [0.25, 0.3) is 0 Å². The molecule has 1 aliphatic rings. The Balaban J connectivity index is 1.66. The van der Waals surface area contributed by atoms with Gasteiger partial charge in [-0.15, -0.1) is 0 Å². The second kappa shape index (κ2) is 10.7. The molecule has 2 atom stereocenters. The van der Waals surface area contributed by atoms with Crippen LogP contribution in [0.3, 0.4) is 0 Å². The molecule has 162 valence electrons. The normalized spacial score (nSPS) is 18.6. The van der Waals surface area contributed by atoms with E-state index in [1.165, 1.54) is 22.5 Å². The van der Waals surface area contributed by atoms with Crippen molar-refractivity contribution in [2.75, 3.05) is 36.0 Å². The molecule has 2 unspecified atom stereocenters. The first-order chi connectivity index (χ1) is 14.6. The van der Waals surface area contributed by atoms with E-state index in [2.05, 4.69) is 86.0 Å². The Labute approximate surface area is 183 Å². The first-order valence-electron chi connectivity index (χ1n) is 11.8. The third kappa shape index (κ3) is 5.24. The van der Waals surface area contributed by atoms with Gasteiger partial charge in [-0.3, -0.25) is 4.79 Å². The van der Waals surface area contributed by atoms with Gasteiger partial charge in [-0.25, -0.2) is 0 Å². The summed E-state index contributed by atoms with van der Waals surface area (Å²) in [5.74, 6) is 1.07. The van der Waals surface area contributed by atoms with Crippen molar-refractivity contribution in [1.29, 1.82) is 0 Å². The average Bonchev–Trinajstić information content (AvgIpc) is 3.11. The maximum Gasteiger partial charge on any atom is 0.136 e. The number of ketones is 1. The van der Waals surface area contributed by atoms with Gasteiger partial charge in [-0.1, -0.05) is 24.3 Å². The first-order valence-corrected chi connectivity index (χ1v) is 11.8. The molecular weight excluding hydrogens is 368 g/mol. The minimum Gasteiger partial charge on any atom is -0.372 e. The molecule has 0 bridgehead atoms. The van der Waals surface area contributed by atoms with Crippen LogP contribution in [0.5, 0.6) is 0 Å². The molecule has 0 radical (unpaired) electrons. The van der Waals surface area contributed by atoms with Crippen molar-refractivity contribution < 1.29 is 4.79 Å². The van der Waals surface area contributed by atoms with Gasteiger partial charge in [-0.05, 0) is 88.3 Å². The maximum atomic E-state index is 12.7. The monoisotopic (exact) mass is 406 g/mol. The highest BCUT2D eigenvalue weighted by molar-refractivity contribution is 5.83. The Bertz CT molecular complexity index is 789. The fourth-order valence-electron chi connectivity index (χ4n) is 4.92. The van der Waals surface area contributed by atoms with Crippen molar-refractivity contribution >= 4 is 17.2 Å². The lowest BCUT2D eigenvalue weighted by Gasteiger charge is -2.23. The van der Waals surface area contributed by atoms with E-state index < -0.39 is 0 Å². The Morgan fingerprint density at radius 3 is 1.57 bits per heavy atom. The summed E-state index contributed by atoms with van der Waals surface area (Å²) in [6.07, 6.45) is 3.65. The highest BCUT2D eigenvalue weighted by Crippen LogP contribution is 2.34. The zero-order valence-corrected chi connectivity index (χ0v) is 19.2. The number of Topliss-reactive ketones (excluding diaryl/α,β-unsaturated/α-hetero) is 1. The topological polar surface area (TPSA) is 23.6 Å². The summed E-state index contributed by atoms with van der Waals surface area (Å²) in [5.41, 5.74) is 5.20. The number of carbonyl (C=O) groups is 1. The molecule has 30 heavy (non-hydrogen) atoms. The predicted molar refractivity (Wildman–Crippen MR) is 129 cm³/mol. The van der Waals surface area contributed by atoms with Gasteiger partial charge in [0.1, 0.15) is 5.78 Å². The zero-order valence-electron chi connectivity index (χ0n) is 19.2. The van der Waals surface area contributed by atoms with Crippen LogP contribution in [0.2, 0.25) is 0 Å². The van der Waals surface area contributed by atoms with Crippen LogP contribution in [0.15, 0.2) is 48.5 Å². The molecule has 0 amide bonds. The molecule has 0 aromatic heterocycles. The van der Waals surface area contributed by atoms with Crippen LogP contribution in [0, 0.1) is 11.8 Å². The van der Waals surface area contributed by atoms with Gasteiger partial charge in [-0.2, -0.15) is 0 Å². The van der Waals surface area contributed by atoms with Crippen LogP contribution < -0.4 is 9.80 Å². The van der Waals surface area contributed by atoms with E-state index >= 15 is 0 Å². The van der Waals surface area contributed by atoms with Gasteiger partial charge in [0, 0.05) is 49.9 Å². The molecular formula is C27H38N2O. The third-order valence-electron chi connectivity index (χ3n) is 6.83. The quantitative estimate of drug-likeness (QED) is 0.501. The first kappa shape index (κ1) is 22.4. The molecule has 1 saturated carbocycles. The minimum atomic E-state index is 0.159. The molecule has 0 spiro atoms. The SMILES string of the molecule is CCN(CC)c1ccc(CC2CCC(=O)C2Cc2ccc(N(CC)CC)cc2)cc1. The van der Waals surface area contributed by atoms with Gasteiger partial charge >= 0.3 is 0 Å². The summed E-state index contributed by atoms with van der Waals surface area (Å²) in [4.78, 5) is 17.4. The van der Waals surface area contributed by atoms with Crippen molar-refractivity contribution in [3.63, 3.8) is 0 Å². The second-order valence-electron chi connectivity index (χ2n) is 8.46. The predicted octanol–water partition coefficient (Wildman–Crippen LogP) is 5.76. The van der Waals surface area contributed by atoms with E-state index in [0.29, 0.717) is 11.7 Å². The highest BCUT2D eigenvalue weighted by Gasteiger charge is 2.34. The summed E-state index contributed by atoms with van der Waals surface area (Å²) in [5, 5.41) is 0. The largest absolute Gasteiger partial charge is 0.372 e. The lowest BCUT2D eigenvalue weighted by atomic mass is 9.85. The van der Waals surface area contributed by atoms with E-state index in [0.717, 1.165) is 51.9 Å². The minimum absolute atomic E-state index is 0.159. The van der Waals surface area contributed by atoms with Crippen molar-refractivity contribution in [3.8, 4) is 0 Å². The molecule has 1 aliphatic carbocycles. The lowest BCUT2D eigenvalue weighted by molar-refractivity contribution is -0.121. The van der Waals surface area contributed by atoms with Crippen LogP contribution in [0.1, 0.15) is 51.7 Å². The maximum absolute atomic E-state index is 12.7. The molecule has 3 heteroatoms. The number of nitrogens with zero attached hydrogens (tertiary/aromatic N) is 2. The van der Waals surface area contributed by atoms with Gasteiger partial charge in [0.25, 0.3) is 0 Å². The van der Waals surface area contributed by atoms with E-state index in [1.54, 1.807) is 0 Å². The molecule has 0 aliphatic heterocycles. The molecule has 2 aromatic carbocycles. The zero-order chi connectivity index (χ0) is 21.5. The van der Waals surface area contributed by atoms with Crippen LogP contribution in [-0.2, 0) is 17.6 Å². The summed E-state index contributed by atoms with van der Waals surface area (Å²) in [6.45, 7) is 12.9. The summed E-state index contributed by atoms with van der Waals surface area (Å²) >= 11 is 0. The Morgan fingerprint density at radius 2 is 1.13 bits per heavy atom. The number of anilines is 2. The summed E-state index contributed by atoms with van der Waals surface area (Å²) in [6, 6.07) is 17.8. The van der Waals surface area contributed by atoms with Crippen molar-refractivity contribution in [1.82, 2.24) is 0 Å². The van der Waals surface area contributed by atoms with E-state index in [1.807, 2.05) is 0 Å². The van der Waals surface area contributed by atoms with Crippen LogP contribution in [-0.4, -0.2) is 32.0 Å². The fraction of sp³-hybridized carbons (Fsp3) is 0.519. The van der Waals surface area contributed by atoms with Gasteiger partial charge < -0.3 is 9.80 Å².